The topological polar surface area (TPSA) is 269 Å². The number of allylic oxidation sites excluding steroid dienone is 6. The Bertz CT molecular complexity index is 3930. The zero-order valence-electron chi connectivity index (χ0n) is 49.2. The molecule has 6 aliphatic heterocycles. The minimum atomic E-state index is -2.69. The van der Waals surface area contributed by atoms with Gasteiger partial charge in [0.1, 0.15) is 39.5 Å². The summed E-state index contributed by atoms with van der Waals surface area (Å²) < 4.78 is 12.8. The maximum absolute atomic E-state index is 14.5. The van der Waals surface area contributed by atoms with Crippen LogP contribution in [0.15, 0.2) is 126 Å². The average Bonchev–Trinajstić information content (AvgIpc) is 1.85. The largest absolute Gasteiger partial charge is 0.455 e. The zero-order chi connectivity index (χ0) is 63.2. The van der Waals surface area contributed by atoms with E-state index < -0.39 is 80.2 Å². The summed E-state index contributed by atoms with van der Waals surface area (Å²) in [5, 5.41) is 15.8. The first-order chi connectivity index (χ1) is 40.9. The Kier molecular flexibility index (Phi) is 18.6. The van der Waals surface area contributed by atoms with E-state index in [0.717, 1.165) is 16.9 Å². The number of nitrogens with zero attached hydrogens (tertiary/aromatic N) is 7. The van der Waals surface area contributed by atoms with Crippen LogP contribution in [0, 0.1) is 5.92 Å². The van der Waals surface area contributed by atoms with Gasteiger partial charge < -0.3 is 35.7 Å². The van der Waals surface area contributed by atoms with Crippen molar-refractivity contribution >= 4 is 175 Å². The van der Waals surface area contributed by atoms with Gasteiger partial charge >= 0.3 is 5.97 Å². The van der Waals surface area contributed by atoms with E-state index >= 15 is 0 Å². The number of carbonyl (C=O) groups excluding carboxylic acids is 6. The van der Waals surface area contributed by atoms with Gasteiger partial charge in [0.2, 0.25) is 11.8 Å². The Hall–Kier alpha value is -7.50. The average molecular weight is 1300 g/mol. The van der Waals surface area contributed by atoms with Crippen LogP contribution in [-0.2, 0) is 33.1 Å². The van der Waals surface area contributed by atoms with Crippen molar-refractivity contribution in [3.05, 3.63) is 124 Å². The second-order valence-corrected chi connectivity index (χ2v) is 31.4. The number of nitrogens with one attached hydrogen (secondary N) is 5. The number of carbonyl (C=O) groups is 6. The molecular weight excluding hydrogens is 1240 g/mol. The van der Waals surface area contributed by atoms with Crippen molar-refractivity contribution in [1.29, 1.82) is 0 Å². The highest BCUT2D eigenvalue weighted by atomic mass is 32.1. The maximum Gasteiger partial charge on any atom is 0.358 e. The van der Waals surface area contributed by atoms with Crippen LogP contribution in [0.4, 0.5) is 0 Å². The Morgan fingerprint density at radius 2 is 1.24 bits per heavy atom. The molecule has 5 N–H and O–H groups in total. The van der Waals surface area contributed by atoms with E-state index in [1.54, 1.807) is 50.4 Å². The number of rotatable bonds is 9. The quantitative estimate of drug-likeness (QED) is 0.0782. The van der Waals surface area contributed by atoms with Gasteiger partial charge in [0, 0.05) is 18.0 Å². The Balaban J connectivity index is 1.18. The molecule has 1 aromatic carbocycles. The molecule has 0 saturated heterocycles. The molecule has 0 saturated carbocycles. The van der Waals surface area contributed by atoms with E-state index in [-0.39, 0.29) is 110 Å². The van der Waals surface area contributed by atoms with E-state index in [1.165, 1.54) is 25.3 Å². The predicted molar refractivity (Wildman–Crippen MR) is 360 cm³/mol. The summed E-state index contributed by atoms with van der Waals surface area (Å²) in [5.74, 6) is -4.21. The van der Waals surface area contributed by atoms with Crippen LogP contribution >= 0.6 is 72.4 Å². The number of ether oxygens (including phenoxy) is 1. The molecule has 0 aliphatic carbocycles. The monoisotopic (exact) mass is 1300 g/mol. The zero-order valence-corrected chi connectivity index (χ0v) is 55.1. The minimum Gasteiger partial charge on any atom is -0.455 e. The van der Waals surface area contributed by atoms with Gasteiger partial charge in [-0.3, -0.25) is 24.0 Å². The standard InChI is InChI=1S/C60H60N12O8S6Si/c1-27(2)45-50-42(85)21-34(68-50)54(75)62-25-44(74)71-52(53(28-15-13-12-14-16-28)80-87(10,11)60(6,7)8)51-41(84)20-32(65-51)48-39(82)19-31(64-48)46-29(17-18-30(63-46)57-70-37(26-86-57)58(78)79-59(3,4)5)47-38(81)22-35(66-47)55(76)69-33(24-43(73)61-9)49-40(83)23-36(67-49)56(77)72-45/h12-23,26-27,33,45,52-53H,24-25H2,1-11H3,(H,61,73)(H,62,75)(H,69,76)(H,71,74)(H,72,77)/t33-,45-,52-,53-/m0/s1. The van der Waals surface area contributed by atoms with Crippen LogP contribution < -0.4 is 26.6 Å². The first-order valence-corrected chi connectivity index (χ1v) is 33.3. The molecule has 3 aromatic rings. The highest BCUT2D eigenvalue weighted by molar-refractivity contribution is 7.83. The number of hydrogen-bond acceptors (Lipinski definition) is 21. The van der Waals surface area contributed by atoms with Crippen LogP contribution in [0.1, 0.15) is 95.2 Å². The van der Waals surface area contributed by atoms with E-state index in [1.807, 2.05) is 44.2 Å². The molecule has 20 nitrogen and oxygen atoms in total. The SMILES string of the molecule is CNC(=O)C[C@@H]1NC(=O)C2=CC(=S)C(=N2)c2ccc(-c3nc(C(=O)OC(C)(C)C)cs3)nc2C2=CC(=S)C(=N2)C2=CC(=S)C(=N2)[C@@H]([C@@H](O[Si](C)(C)C(C)(C)C)c2ccccc2)NC(=O)CNC(=O)C2=CC(=S)C(=N2)[C@H](C(C)C)NC(=O)C2=CC(=S)C1=N2. The molecule has 0 unspecified atom stereocenters. The molecule has 0 fully saturated rings. The third-order valence-corrected chi connectivity index (χ3v) is 21.6. The van der Waals surface area contributed by atoms with E-state index in [4.69, 9.17) is 90.2 Å². The number of benzene rings is 1. The molecule has 8 heterocycles. The molecule has 6 aliphatic rings. The molecule has 87 heavy (non-hydrogen) atoms. The summed E-state index contributed by atoms with van der Waals surface area (Å²) in [6.45, 7) is 18.9. The van der Waals surface area contributed by atoms with Gasteiger partial charge in [-0.15, -0.1) is 11.3 Å². The summed E-state index contributed by atoms with van der Waals surface area (Å²) in [6.07, 6.45) is 6.20. The van der Waals surface area contributed by atoms with Crippen molar-refractivity contribution < 1.29 is 37.9 Å². The van der Waals surface area contributed by atoms with Gasteiger partial charge in [-0.2, -0.15) is 0 Å². The molecule has 4 atom stereocenters. The fourth-order valence-electron chi connectivity index (χ4n) is 9.22. The number of thiocarbonyl (C=S) groups is 5. The van der Waals surface area contributed by atoms with Gasteiger partial charge in [-0.05, 0) is 92.9 Å². The van der Waals surface area contributed by atoms with Crippen molar-refractivity contribution in [2.24, 2.45) is 30.9 Å². The molecule has 5 amide bonds. The Morgan fingerprint density at radius 1 is 0.678 bits per heavy atom. The highest BCUT2D eigenvalue weighted by Crippen LogP contribution is 2.42. The van der Waals surface area contributed by atoms with Crippen LogP contribution in [0.25, 0.3) is 16.4 Å². The lowest BCUT2D eigenvalue weighted by Crippen LogP contribution is -2.53. The van der Waals surface area contributed by atoms with Gasteiger partial charge in [0.05, 0.1) is 101 Å². The Morgan fingerprint density at radius 3 is 1.90 bits per heavy atom. The van der Waals surface area contributed by atoms with Crippen LogP contribution in [-0.4, -0.2) is 144 Å². The molecule has 0 radical (unpaired) electrons. The van der Waals surface area contributed by atoms with E-state index in [9.17, 15) is 28.8 Å². The lowest BCUT2D eigenvalue weighted by atomic mass is 9.97. The number of pyridine rings is 1. The molecule has 10 bridgehead atoms. The summed E-state index contributed by atoms with van der Waals surface area (Å²) in [6, 6.07) is 9.68. The van der Waals surface area contributed by atoms with Crippen molar-refractivity contribution in [2.45, 2.75) is 110 Å². The van der Waals surface area contributed by atoms with Crippen molar-refractivity contribution in [3.63, 3.8) is 0 Å². The lowest BCUT2D eigenvalue weighted by molar-refractivity contribution is -0.124. The third kappa shape index (κ3) is 14.1. The number of amides is 5. The summed E-state index contributed by atoms with van der Waals surface area (Å²) >= 11 is 30.7. The maximum atomic E-state index is 14.5. The lowest BCUT2D eigenvalue weighted by Gasteiger charge is -2.41. The number of aromatic nitrogens is 2. The van der Waals surface area contributed by atoms with Crippen LogP contribution in [0.2, 0.25) is 18.1 Å². The van der Waals surface area contributed by atoms with Gasteiger partial charge in [-0.25, -0.2) is 39.7 Å². The molecule has 27 heteroatoms. The van der Waals surface area contributed by atoms with E-state index in [2.05, 4.69) is 75.4 Å². The molecule has 9 rings (SSSR count). The second-order valence-electron chi connectivity index (χ2n) is 23.5. The van der Waals surface area contributed by atoms with Crippen LogP contribution in [0.3, 0.4) is 0 Å². The molecule has 448 valence electrons. The summed E-state index contributed by atoms with van der Waals surface area (Å²) in [5.41, 5.74) is 1.95. The first-order valence-electron chi connectivity index (χ1n) is 27.5. The fourth-order valence-corrected chi connectivity index (χ4v) is 12.6. The van der Waals surface area contributed by atoms with E-state index in [0.29, 0.717) is 16.3 Å². The summed E-state index contributed by atoms with van der Waals surface area (Å²) in [4.78, 5) is 118. The summed E-state index contributed by atoms with van der Waals surface area (Å²) in [7, 11) is -1.26. The van der Waals surface area contributed by atoms with Gasteiger partial charge in [-0.1, -0.05) is 126 Å². The number of fused-ring (bicyclic) bond motifs is 9. The third-order valence-electron chi connectivity index (χ3n) is 14.6. The Labute approximate surface area is 534 Å². The molecule has 2 aromatic heterocycles. The molecular formula is C60H60N12O8S6Si. The number of aliphatic imine (C=N–C) groups is 5. The van der Waals surface area contributed by atoms with Crippen molar-refractivity contribution in [2.75, 3.05) is 13.6 Å². The highest BCUT2D eigenvalue weighted by Gasteiger charge is 2.45. The second kappa shape index (κ2) is 25.3. The van der Waals surface area contributed by atoms with Crippen LogP contribution in [0.5, 0.6) is 0 Å². The predicted octanol–water partition coefficient (Wildman–Crippen LogP) is 7.65. The minimum absolute atomic E-state index is 0.0532. The van der Waals surface area contributed by atoms with Crippen molar-refractivity contribution in [3.8, 4) is 10.7 Å². The first kappa shape index (κ1) is 64.0. The number of hydrogen-bond donors (Lipinski definition) is 5. The van der Waals surface area contributed by atoms with Crippen molar-refractivity contribution in [1.82, 2.24) is 36.6 Å². The smallest absolute Gasteiger partial charge is 0.358 e. The number of esters is 1. The fraction of sp³-hybridized carbons (Fsp3) is 0.333. The van der Waals surface area contributed by atoms with Gasteiger partial charge in [0.15, 0.2) is 14.0 Å². The number of thiazole rings is 1. The molecule has 0 spiro atoms. The normalized spacial score (nSPS) is 20.8. The van der Waals surface area contributed by atoms with Gasteiger partial charge in [0.25, 0.3) is 17.7 Å².